The SMILES string of the molecule is CCOC(CSC#N)N=C=S. The standard InChI is InChI=1S/C6H8N2OS2/c1-2-9-6(8-5-10)3-11-4-7/h6H,2-3H2,1H3. The van der Waals surface area contributed by atoms with Crippen LogP contribution in [0.3, 0.4) is 0 Å². The van der Waals surface area contributed by atoms with E-state index in [1.807, 2.05) is 12.3 Å². The number of rotatable bonds is 5. The highest BCUT2D eigenvalue weighted by Gasteiger charge is 2.03. The zero-order valence-corrected chi connectivity index (χ0v) is 7.74. The van der Waals surface area contributed by atoms with Gasteiger partial charge in [0.15, 0.2) is 6.23 Å². The van der Waals surface area contributed by atoms with Gasteiger partial charge in [-0.15, -0.1) is 0 Å². The van der Waals surface area contributed by atoms with Crippen molar-refractivity contribution < 1.29 is 4.74 Å². The molecule has 0 N–H and O–H groups in total. The molecule has 0 spiro atoms. The minimum Gasteiger partial charge on any atom is -0.355 e. The van der Waals surface area contributed by atoms with Gasteiger partial charge in [0.1, 0.15) is 5.40 Å². The van der Waals surface area contributed by atoms with Gasteiger partial charge in [-0.05, 0) is 30.9 Å². The molecular weight excluding hydrogens is 180 g/mol. The summed E-state index contributed by atoms with van der Waals surface area (Å²) in [5.74, 6) is 0.508. The van der Waals surface area contributed by atoms with Crippen LogP contribution < -0.4 is 0 Å². The van der Waals surface area contributed by atoms with Gasteiger partial charge in [0, 0.05) is 6.61 Å². The number of hydrogen-bond donors (Lipinski definition) is 0. The molecule has 0 aromatic carbocycles. The van der Waals surface area contributed by atoms with E-state index in [9.17, 15) is 0 Å². The molecule has 5 heteroatoms. The third-order valence-electron chi connectivity index (χ3n) is 0.846. The second-order valence-electron chi connectivity index (χ2n) is 1.53. The molecule has 0 amide bonds. The van der Waals surface area contributed by atoms with Crippen molar-refractivity contribution in [3.8, 4) is 5.40 Å². The van der Waals surface area contributed by atoms with Crippen LogP contribution in [0.2, 0.25) is 0 Å². The Kier molecular flexibility index (Phi) is 7.42. The Hall–Kier alpha value is -0.400. The van der Waals surface area contributed by atoms with Crippen molar-refractivity contribution in [1.29, 1.82) is 5.26 Å². The lowest BCUT2D eigenvalue weighted by Gasteiger charge is -2.06. The smallest absolute Gasteiger partial charge is 0.168 e. The molecular formula is C6H8N2OS2. The number of nitrogens with zero attached hydrogens (tertiary/aromatic N) is 2. The quantitative estimate of drug-likeness (QED) is 0.374. The van der Waals surface area contributed by atoms with Gasteiger partial charge in [-0.1, -0.05) is 0 Å². The highest BCUT2D eigenvalue weighted by molar-refractivity contribution is 8.03. The van der Waals surface area contributed by atoms with Crippen LogP contribution in [0.15, 0.2) is 4.99 Å². The van der Waals surface area contributed by atoms with Gasteiger partial charge in [0.25, 0.3) is 0 Å². The van der Waals surface area contributed by atoms with Crippen molar-refractivity contribution in [2.24, 2.45) is 4.99 Å². The Balaban J connectivity index is 3.70. The van der Waals surface area contributed by atoms with E-state index in [4.69, 9.17) is 10.00 Å². The number of isothiocyanates is 1. The first-order chi connectivity index (χ1) is 5.35. The van der Waals surface area contributed by atoms with Crippen LogP contribution in [0.1, 0.15) is 6.92 Å². The van der Waals surface area contributed by atoms with E-state index < -0.39 is 0 Å². The molecule has 1 unspecified atom stereocenters. The molecule has 0 aromatic rings. The average Bonchev–Trinajstić information content (AvgIpc) is 2.01. The summed E-state index contributed by atoms with van der Waals surface area (Å²) >= 11 is 5.50. The topological polar surface area (TPSA) is 45.4 Å². The normalized spacial score (nSPS) is 11.3. The van der Waals surface area contributed by atoms with Crippen molar-refractivity contribution >= 4 is 29.1 Å². The Morgan fingerprint density at radius 3 is 3.00 bits per heavy atom. The Labute approximate surface area is 75.4 Å². The van der Waals surface area contributed by atoms with Crippen molar-refractivity contribution in [3.63, 3.8) is 0 Å². The van der Waals surface area contributed by atoms with E-state index in [-0.39, 0.29) is 6.23 Å². The summed E-state index contributed by atoms with van der Waals surface area (Å²) in [7, 11) is 0. The van der Waals surface area contributed by atoms with Gasteiger partial charge in [-0.2, -0.15) is 10.3 Å². The largest absolute Gasteiger partial charge is 0.355 e. The third-order valence-corrected chi connectivity index (χ3v) is 1.53. The van der Waals surface area contributed by atoms with E-state index in [1.54, 1.807) is 0 Å². The summed E-state index contributed by atoms with van der Waals surface area (Å²) in [6, 6.07) is 0. The zero-order chi connectivity index (χ0) is 8.53. The molecule has 0 fully saturated rings. The lowest BCUT2D eigenvalue weighted by Crippen LogP contribution is -2.12. The van der Waals surface area contributed by atoms with Gasteiger partial charge in [0.2, 0.25) is 0 Å². The van der Waals surface area contributed by atoms with Crippen LogP contribution in [0.5, 0.6) is 0 Å². The van der Waals surface area contributed by atoms with E-state index >= 15 is 0 Å². The Bertz CT molecular complexity index is 184. The summed E-state index contributed by atoms with van der Waals surface area (Å²) in [6.45, 7) is 2.43. The first-order valence-corrected chi connectivity index (χ1v) is 4.44. The fourth-order valence-electron chi connectivity index (χ4n) is 0.482. The summed E-state index contributed by atoms with van der Waals surface area (Å²) in [5.41, 5.74) is 0. The lowest BCUT2D eigenvalue weighted by molar-refractivity contribution is 0.0872. The predicted octanol–water partition coefficient (Wildman–Crippen LogP) is 1.67. The average molecular weight is 188 g/mol. The van der Waals surface area contributed by atoms with Gasteiger partial charge >= 0.3 is 0 Å². The Morgan fingerprint density at radius 1 is 1.82 bits per heavy atom. The molecule has 0 bridgehead atoms. The molecule has 60 valence electrons. The fraction of sp³-hybridized carbons (Fsp3) is 0.667. The summed E-state index contributed by atoms with van der Waals surface area (Å²) in [5, 5.41) is 12.4. The molecule has 0 aliphatic heterocycles. The van der Waals surface area contributed by atoms with E-state index in [1.165, 1.54) is 0 Å². The number of aliphatic imine (C=N–C) groups is 1. The monoisotopic (exact) mass is 188 g/mol. The molecule has 0 aliphatic carbocycles. The predicted molar refractivity (Wildman–Crippen MR) is 48.5 cm³/mol. The second kappa shape index (κ2) is 7.70. The number of ether oxygens (including phenoxy) is 1. The maximum atomic E-state index is 8.22. The number of hydrogen-bond acceptors (Lipinski definition) is 5. The van der Waals surface area contributed by atoms with Crippen molar-refractivity contribution in [2.45, 2.75) is 13.2 Å². The van der Waals surface area contributed by atoms with E-state index in [0.29, 0.717) is 12.4 Å². The maximum absolute atomic E-state index is 8.22. The molecule has 0 aromatic heterocycles. The summed E-state index contributed by atoms with van der Waals surface area (Å²) in [6.07, 6.45) is -0.317. The van der Waals surface area contributed by atoms with Crippen molar-refractivity contribution in [3.05, 3.63) is 0 Å². The number of nitriles is 1. The molecule has 0 rings (SSSR count). The lowest BCUT2D eigenvalue weighted by atomic mass is 10.6. The van der Waals surface area contributed by atoms with Gasteiger partial charge in [-0.3, -0.25) is 0 Å². The molecule has 0 saturated heterocycles. The van der Waals surface area contributed by atoms with E-state index in [0.717, 1.165) is 11.8 Å². The van der Waals surface area contributed by atoms with Gasteiger partial charge < -0.3 is 4.74 Å². The maximum Gasteiger partial charge on any atom is 0.168 e. The number of thiocarbonyl (C=S) groups is 1. The molecule has 11 heavy (non-hydrogen) atoms. The summed E-state index contributed by atoms with van der Waals surface area (Å²) in [4.78, 5) is 3.72. The minimum atomic E-state index is -0.317. The number of thiocyanates is 1. The molecule has 3 nitrogen and oxygen atoms in total. The van der Waals surface area contributed by atoms with Crippen LogP contribution in [-0.2, 0) is 4.74 Å². The van der Waals surface area contributed by atoms with Crippen molar-refractivity contribution in [1.82, 2.24) is 0 Å². The first-order valence-electron chi connectivity index (χ1n) is 3.04. The Morgan fingerprint density at radius 2 is 2.55 bits per heavy atom. The van der Waals surface area contributed by atoms with Crippen LogP contribution in [0.4, 0.5) is 0 Å². The van der Waals surface area contributed by atoms with Crippen LogP contribution in [0, 0.1) is 10.7 Å². The van der Waals surface area contributed by atoms with Crippen molar-refractivity contribution in [2.75, 3.05) is 12.4 Å². The molecule has 0 saturated carbocycles. The third kappa shape index (κ3) is 6.02. The molecule has 0 heterocycles. The summed E-state index contributed by atoms with van der Waals surface area (Å²) < 4.78 is 5.12. The zero-order valence-electron chi connectivity index (χ0n) is 6.11. The fourth-order valence-corrected chi connectivity index (χ4v) is 0.988. The van der Waals surface area contributed by atoms with Crippen LogP contribution in [-0.4, -0.2) is 23.7 Å². The highest BCUT2D eigenvalue weighted by atomic mass is 32.2. The second-order valence-corrected chi connectivity index (χ2v) is 2.52. The van der Waals surface area contributed by atoms with Gasteiger partial charge in [0.05, 0.1) is 10.9 Å². The van der Waals surface area contributed by atoms with E-state index in [2.05, 4.69) is 22.4 Å². The highest BCUT2D eigenvalue weighted by Crippen LogP contribution is 2.04. The minimum absolute atomic E-state index is 0.317. The van der Waals surface area contributed by atoms with Crippen LogP contribution in [0.25, 0.3) is 0 Å². The first kappa shape index (κ1) is 10.6. The van der Waals surface area contributed by atoms with Crippen LogP contribution >= 0.6 is 24.0 Å². The van der Waals surface area contributed by atoms with Gasteiger partial charge in [-0.25, -0.2) is 0 Å². The number of thioether (sulfide) groups is 1. The molecule has 0 radical (unpaired) electrons. The molecule has 1 atom stereocenters. The molecule has 0 aliphatic rings.